The maximum atomic E-state index is 12.3. The topological polar surface area (TPSA) is 56.0 Å². The number of nitrogens with two attached hydrogens (primary N) is 1. The molecule has 88 valence electrons. The Balaban J connectivity index is 3.37. The van der Waals surface area contributed by atoms with E-state index in [-0.39, 0.29) is 0 Å². The minimum Gasteiger partial charge on any atom is -0.364 e. The van der Waals surface area contributed by atoms with E-state index >= 15 is 0 Å². The number of amides is 1. The van der Waals surface area contributed by atoms with E-state index in [1.54, 1.807) is 0 Å². The molecule has 0 unspecified atom stereocenters. The Bertz CT molecular complexity index is 415. The molecule has 0 aliphatic carbocycles. The van der Waals surface area contributed by atoms with Gasteiger partial charge in [0.05, 0.1) is 5.56 Å². The average molecular weight is 240 g/mol. The molecular formula is C8H5F5N2O. The Kier molecular flexibility index (Phi) is 3.11. The molecule has 0 saturated heterocycles. The van der Waals surface area contributed by atoms with Gasteiger partial charge < -0.3 is 5.73 Å². The fourth-order valence-corrected chi connectivity index (χ4v) is 1.02. The fourth-order valence-electron chi connectivity index (χ4n) is 1.02. The van der Waals surface area contributed by atoms with Gasteiger partial charge in [0.15, 0.2) is 0 Å². The molecule has 0 bridgehead atoms. The summed E-state index contributed by atoms with van der Waals surface area (Å²) in [6.07, 6.45) is -8.38. The van der Waals surface area contributed by atoms with Gasteiger partial charge in [0, 0.05) is 0 Å². The lowest BCUT2D eigenvalue weighted by Gasteiger charge is -2.11. The predicted octanol–water partition coefficient (Wildman–Crippen LogP) is 2.14. The number of rotatable bonds is 2. The van der Waals surface area contributed by atoms with Crippen LogP contribution in [0.15, 0.2) is 12.1 Å². The molecule has 1 rings (SSSR count). The van der Waals surface area contributed by atoms with Crippen molar-refractivity contribution in [3.63, 3.8) is 0 Å². The van der Waals surface area contributed by atoms with Gasteiger partial charge in [-0.2, -0.15) is 13.2 Å². The zero-order valence-electron chi connectivity index (χ0n) is 7.55. The number of hydrogen-bond donors (Lipinski definition) is 1. The number of nitrogens with zero attached hydrogens (tertiary/aromatic N) is 1. The molecule has 3 nitrogen and oxygen atoms in total. The molecule has 8 heteroatoms. The van der Waals surface area contributed by atoms with Crippen molar-refractivity contribution in [3.8, 4) is 0 Å². The van der Waals surface area contributed by atoms with Crippen molar-refractivity contribution in [1.29, 1.82) is 0 Å². The summed E-state index contributed by atoms with van der Waals surface area (Å²) in [5, 5.41) is 0. The lowest BCUT2D eigenvalue weighted by molar-refractivity contribution is -0.139. The number of carbonyl (C=O) groups is 1. The molecule has 1 aromatic heterocycles. The van der Waals surface area contributed by atoms with Gasteiger partial charge in [0.1, 0.15) is 11.4 Å². The minimum atomic E-state index is -4.95. The highest BCUT2D eigenvalue weighted by Gasteiger charge is 2.37. The second-order valence-corrected chi connectivity index (χ2v) is 2.79. The van der Waals surface area contributed by atoms with Crippen LogP contribution >= 0.6 is 0 Å². The molecule has 0 saturated carbocycles. The number of primary amides is 1. The summed E-state index contributed by atoms with van der Waals surface area (Å²) in [5.74, 6) is -1.17. The number of carbonyl (C=O) groups excluding carboxylic acids is 1. The SMILES string of the molecule is NC(=O)c1ccc(C(F)(F)F)c(C(F)F)n1. The predicted molar refractivity (Wildman–Crippen MR) is 42.7 cm³/mol. The van der Waals surface area contributed by atoms with E-state index in [1.165, 1.54) is 0 Å². The average Bonchev–Trinajstić information content (AvgIpc) is 2.15. The zero-order valence-corrected chi connectivity index (χ0v) is 7.55. The molecule has 1 amide bonds. The van der Waals surface area contributed by atoms with Crippen molar-refractivity contribution < 1.29 is 26.7 Å². The molecule has 0 fully saturated rings. The molecule has 1 aromatic rings. The summed E-state index contributed by atoms with van der Waals surface area (Å²) >= 11 is 0. The maximum absolute atomic E-state index is 12.3. The first kappa shape index (κ1) is 12.3. The van der Waals surface area contributed by atoms with Gasteiger partial charge >= 0.3 is 6.18 Å². The van der Waals surface area contributed by atoms with Crippen LogP contribution in [-0.4, -0.2) is 10.9 Å². The van der Waals surface area contributed by atoms with Crippen LogP contribution in [0.1, 0.15) is 28.2 Å². The van der Waals surface area contributed by atoms with Crippen LogP contribution in [0.2, 0.25) is 0 Å². The van der Waals surface area contributed by atoms with E-state index in [1.807, 2.05) is 0 Å². The molecule has 16 heavy (non-hydrogen) atoms. The highest BCUT2D eigenvalue weighted by Crippen LogP contribution is 2.35. The monoisotopic (exact) mass is 240 g/mol. The lowest BCUT2D eigenvalue weighted by Crippen LogP contribution is -2.17. The second-order valence-electron chi connectivity index (χ2n) is 2.79. The van der Waals surface area contributed by atoms with Gasteiger partial charge in [-0.3, -0.25) is 4.79 Å². The molecule has 0 aliphatic heterocycles. The quantitative estimate of drug-likeness (QED) is 0.805. The largest absolute Gasteiger partial charge is 0.418 e. The lowest BCUT2D eigenvalue weighted by atomic mass is 10.1. The number of aromatic nitrogens is 1. The van der Waals surface area contributed by atoms with Crippen molar-refractivity contribution in [3.05, 3.63) is 29.1 Å². The third-order valence-electron chi connectivity index (χ3n) is 1.69. The third-order valence-corrected chi connectivity index (χ3v) is 1.69. The van der Waals surface area contributed by atoms with Crippen LogP contribution in [0.3, 0.4) is 0 Å². The highest BCUT2D eigenvalue weighted by molar-refractivity contribution is 5.90. The van der Waals surface area contributed by atoms with E-state index in [4.69, 9.17) is 5.73 Å². The number of alkyl halides is 5. The van der Waals surface area contributed by atoms with Crippen LogP contribution in [-0.2, 0) is 6.18 Å². The second kappa shape index (κ2) is 4.03. The Morgan fingerprint density at radius 3 is 2.25 bits per heavy atom. The van der Waals surface area contributed by atoms with Crippen LogP contribution in [0.4, 0.5) is 22.0 Å². The first-order chi connectivity index (χ1) is 7.23. The van der Waals surface area contributed by atoms with Gasteiger partial charge in [-0.25, -0.2) is 13.8 Å². The van der Waals surface area contributed by atoms with Gasteiger partial charge in [0.2, 0.25) is 0 Å². The number of pyridine rings is 1. The van der Waals surface area contributed by atoms with Crippen molar-refractivity contribution in [2.24, 2.45) is 5.73 Å². The Hall–Kier alpha value is -1.73. The molecule has 1 heterocycles. The molecular weight excluding hydrogens is 235 g/mol. The molecule has 0 aromatic carbocycles. The van der Waals surface area contributed by atoms with Crippen molar-refractivity contribution in [2.75, 3.05) is 0 Å². The first-order valence-corrected chi connectivity index (χ1v) is 3.89. The molecule has 2 N–H and O–H groups in total. The van der Waals surface area contributed by atoms with E-state index in [2.05, 4.69) is 4.98 Å². The third kappa shape index (κ3) is 2.44. The van der Waals surface area contributed by atoms with E-state index in [0.717, 1.165) is 0 Å². The van der Waals surface area contributed by atoms with Gasteiger partial charge in [-0.15, -0.1) is 0 Å². The smallest absolute Gasteiger partial charge is 0.364 e. The van der Waals surface area contributed by atoms with Crippen LogP contribution in [0.5, 0.6) is 0 Å². The van der Waals surface area contributed by atoms with Crippen molar-refractivity contribution in [1.82, 2.24) is 4.98 Å². The van der Waals surface area contributed by atoms with Crippen molar-refractivity contribution in [2.45, 2.75) is 12.6 Å². The number of halogens is 5. The highest BCUT2D eigenvalue weighted by atomic mass is 19.4. The molecule has 0 spiro atoms. The van der Waals surface area contributed by atoms with E-state index in [9.17, 15) is 26.7 Å². The summed E-state index contributed by atoms with van der Waals surface area (Å²) in [5.41, 5.74) is 1.01. The summed E-state index contributed by atoms with van der Waals surface area (Å²) < 4.78 is 61.3. The van der Waals surface area contributed by atoms with Crippen LogP contribution < -0.4 is 5.73 Å². The first-order valence-electron chi connectivity index (χ1n) is 3.89. The summed E-state index contributed by atoms with van der Waals surface area (Å²) in [4.78, 5) is 13.5. The minimum absolute atomic E-state index is 0.356. The van der Waals surface area contributed by atoms with Crippen LogP contribution in [0.25, 0.3) is 0 Å². The Labute approximate surface area is 86.1 Å². The summed E-state index contributed by atoms with van der Waals surface area (Å²) in [6, 6.07) is 1.01. The normalized spacial score (nSPS) is 11.9. The summed E-state index contributed by atoms with van der Waals surface area (Å²) in [7, 11) is 0. The van der Waals surface area contributed by atoms with Gasteiger partial charge in [-0.1, -0.05) is 0 Å². The molecule has 0 radical (unpaired) electrons. The van der Waals surface area contributed by atoms with E-state index < -0.39 is 35.5 Å². The zero-order chi connectivity index (χ0) is 12.5. The van der Waals surface area contributed by atoms with Crippen LogP contribution in [0, 0.1) is 0 Å². The van der Waals surface area contributed by atoms with Gasteiger partial charge in [0.25, 0.3) is 12.3 Å². The molecule has 0 atom stereocenters. The van der Waals surface area contributed by atoms with E-state index in [0.29, 0.717) is 12.1 Å². The maximum Gasteiger partial charge on any atom is 0.418 e. The summed E-state index contributed by atoms with van der Waals surface area (Å²) in [6.45, 7) is 0. The standard InChI is InChI=1S/C8H5F5N2O/c9-6(10)5-3(8(11,12)13)1-2-4(15-5)7(14)16/h1-2,6H,(H2,14,16). The fraction of sp³-hybridized carbons (Fsp3) is 0.250. The van der Waals surface area contributed by atoms with Gasteiger partial charge in [-0.05, 0) is 12.1 Å². The Morgan fingerprint density at radius 2 is 1.88 bits per heavy atom. The molecule has 0 aliphatic rings. The van der Waals surface area contributed by atoms with Crippen molar-refractivity contribution >= 4 is 5.91 Å². The Morgan fingerprint density at radius 1 is 1.31 bits per heavy atom. The number of hydrogen-bond acceptors (Lipinski definition) is 2.